The fourth-order valence-electron chi connectivity index (χ4n) is 2.58. The number of benzene rings is 1. The number of nitrogens with one attached hydrogen (secondary N) is 2. The van der Waals surface area contributed by atoms with Gasteiger partial charge in [0.2, 0.25) is 5.91 Å². The topological polar surface area (TPSA) is 79.8 Å². The first-order chi connectivity index (χ1) is 11.2. The average Bonchev–Trinajstić information content (AvgIpc) is 2.61. The standard InChI is InChI=1S/C17H23N3O3/c1-23-15-9-7-13(8-10-15)11-19-20-16(21)12-18-17(22)14-5-3-2-4-6-14/h7-11,14H,2-6,12H2,1H3,(H,18,22)(H,20,21). The smallest absolute Gasteiger partial charge is 0.259 e. The van der Waals surface area contributed by atoms with Gasteiger partial charge in [-0.1, -0.05) is 19.3 Å². The Balaban J connectivity index is 1.69. The second kappa shape index (κ2) is 8.92. The van der Waals surface area contributed by atoms with Crippen LogP contribution in [0.15, 0.2) is 29.4 Å². The Kier molecular flexibility index (Phi) is 6.59. The van der Waals surface area contributed by atoms with Gasteiger partial charge in [0.25, 0.3) is 5.91 Å². The number of rotatable bonds is 6. The first-order valence-corrected chi connectivity index (χ1v) is 7.92. The number of carbonyl (C=O) groups is 2. The van der Waals surface area contributed by atoms with Gasteiger partial charge in [0.15, 0.2) is 0 Å². The van der Waals surface area contributed by atoms with Crippen LogP contribution in [0.3, 0.4) is 0 Å². The molecule has 0 unspecified atom stereocenters. The van der Waals surface area contributed by atoms with E-state index in [1.54, 1.807) is 13.3 Å². The summed E-state index contributed by atoms with van der Waals surface area (Å²) >= 11 is 0. The summed E-state index contributed by atoms with van der Waals surface area (Å²) in [5.41, 5.74) is 3.25. The van der Waals surface area contributed by atoms with E-state index in [1.165, 1.54) is 6.42 Å². The van der Waals surface area contributed by atoms with E-state index in [-0.39, 0.29) is 24.3 Å². The summed E-state index contributed by atoms with van der Waals surface area (Å²) in [5, 5.41) is 6.55. The highest BCUT2D eigenvalue weighted by Gasteiger charge is 2.21. The second-order valence-electron chi connectivity index (χ2n) is 5.62. The van der Waals surface area contributed by atoms with Crippen molar-refractivity contribution < 1.29 is 14.3 Å². The van der Waals surface area contributed by atoms with Crippen LogP contribution in [0.4, 0.5) is 0 Å². The molecule has 23 heavy (non-hydrogen) atoms. The van der Waals surface area contributed by atoms with Gasteiger partial charge in [-0.3, -0.25) is 9.59 Å². The van der Waals surface area contributed by atoms with E-state index >= 15 is 0 Å². The Morgan fingerprint density at radius 3 is 2.57 bits per heavy atom. The largest absolute Gasteiger partial charge is 0.497 e. The van der Waals surface area contributed by atoms with Crippen LogP contribution in [0, 0.1) is 5.92 Å². The van der Waals surface area contributed by atoms with Crippen molar-refractivity contribution in [1.29, 1.82) is 0 Å². The van der Waals surface area contributed by atoms with Crippen LogP contribution < -0.4 is 15.5 Å². The summed E-state index contributed by atoms with van der Waals surface area (Å²) in [6, 6.07) is 7.29. The normalized spacial score (nSPS) is 15.3. The molecule has 1 saturated carbocycles. The summed E-state index contributed by atoms with van der Waals surface area (Å²) in [4.78, 5) is 23.6. The Morgan fingerprint density at radius 1 is 1.22 bits per heavy atom. The Labute approximate surface area is 136 Å². The zero-order valence-corrected chi connectivity index (χ0v) is 13.4. The maximum absolute atomic E-state index is 11.9. The van der Waals surface area contributed by atoms with Gasteiger partial charge in [0, 0.05) is 5.92 Å². The highest BCUT2D eigenvalue weighted by atomic mass is 16.5. The Hall–Kier alpha value is -2.37. The maximum Gasteiger partial charge on any atom is 0.259 e. The van der Waals surface area contributed by atoms with Crippen LogP contribution in [0.1, 0.15) is 37.7 Å². The summed E-state index contributed by atoms with van der Waals surface area (Å²) in [6.07, 6.45) is 6.77. The molecule has 2 amide bonds. The fraction of sp³-hybridized carbons (Fsp3) is 0.471. The van der Waals surface area contributed by atoms with E-state index in [0.29, 0.717) is 0 Å². The maximum atomic E-state index is 11.9. The van der Waals surface area contributed by atoms with Crippen molar-refractivity contribution in [3.05, 3.63) is 29.8 Å². The summed E-state index contributed by atoms with van der Waals surface area (Å²) in [6.45, 7) is -0.0463. The molecule has 0 radical (unpaired) electrons. The molecule has 2 rings (SSSR count). The summed E-state index contributed by atoms with van der Waals surface area (Å²) in [7, 11) is 1.60. The van der Waals surface area contributed by atoms with E-state index in [9.17, 15) is 9.59 Å². The molecule has 6 heteroatoms. The van der Waals surface area contributed by atoms with Crippen molar-refractivity contribution in [2.24, 2.45) is 11.0 Å². The lowest BCUT2D eigenvalue weighted by molar-refractivity contribution is -0.129. The van der Waals surface area contributed by atoms with E-state index in [2.05, 4.69) is 15.8 Å². The van der Waals surface area contributed by atoms with Gasteiger partial charge < -0.3 is 10.1 Å². The van der Waals surface area contributed by atoms with Crippen molar-refractivity contribution in [3.63, 3.8) is 0 Å². The van der Waals surface area contributed by atoms with Crippen molar-refractivity contribution in [2.45, 2.75) is 32.1 Å². The van der Waals surface area contributed by atoms with Crippen molar-refractivity contribution in [1.82, 2.24) is 10.7 Å². The molecule has 124 valence electrons. The molecule has 6 nitrogen and oxygen atoms in total. The van der Waals surface area contributed by atoms with Gasteiger partial charge in [-0.2, -0.15) is 5.10 Å². The number of hydrazone groups is 1. The number of nitrogens with zero attached hydrogens (tertiary/aromatic N) is 1. The number of carbonyl (C=O) groups excluding carboxylic acids is 2. The van der Waals surface area contributed by atoms with Gasteiger partial charge in [0.1, 0.15) is 5.75 Å². The third kappa shape index (κ3) is 5.73. The molecule has 0 aliphatic heterocycles. The predicted octanol–water partition coefficient (Wildman–Crippen LogP) is 1.84. The zero-order valence-electron chi connectivity index (χ0n) is 13.4. The molecule has 1 aromatic carbocycles. The lowest BCUT2D eigenvalue weighted by Crippen LogP contribution is -2.38. The van der Waals surface area contributed by atoms with Crippen LogP contribution in [0.2, 0.25) is 0 Å². The summed E-state index contributed by atoms with van der Waals surface area (Å²) < 4.78 is 5.06. The van der Waals surface area contributed by atoms with Crippen LogP contribution >= 0.6 is 0 Å². The van der Waals surface area contributed by atoms with Crippen molar-refractivity contribution in [3.8, 4) is 5.75 Å². The third-order valence-corrected chi connectivity index (χ3v) is 3.92. The predicted molar refractivity (Wildman–Crippen MR) is 88.3 cm³/mol. The minimum absolute atomic E-state index is 0.0287. The average molecular weight is 317 g/mol. The Morgan fingerprint density at radius 2 is 1.91 bits per heavy atom. The first-order valence-electron chi connectivity index (χ1n) is 7.92. The molecular weight excluding hydrogens is 294 g/mol. The van der Waals surface area contributed by atoms with Crippen LogP contribution in [-0.4, -0.2) is 31.7 Å². The zero-order chi connectivity index (χ0) is 16.5. The highest BCUT2D eigenvalue weighted by molar-refractivity contribution is 5.87. The lowest BCUT2D eigenvalue weighted by Gasteiger charge is -2.20. The van der Waals surface area contributed by atoms with E-state index in [1.807, 2.05) is 24.3 Å². The van der Waals surface area contributed by atoms with Gasteiger partial charge in [0.05, 0.1) is 19.9 Å². The molecular formula is C17H23N3O3. The molecule has 0 atom stereocenters. The van der Waals surface area contributed by atoms with E-state index in [4.69, 9.17) is 4.74 Å². The van der Waals surface area contributed by atoms with E-state index < -0.39 is 0 Å². The SMILES string of the molecule is COc1ccc(C=NNC(=O)CNC(=O)C2CCCCC2)cc1. The molecule has 2 N–H and O–H groups in total. The number of hydrogen-bond acceptors (Lipinski definition) is 4. The number of ether oxygens (including phenoxy) is 1. The molecule has 1 fully saturated rings. The first kappa shape index (κ1) is 17.0. The second-order valence-corrected chi connectivity index (χ2v) is 5.62. The van der Waals surface area contributed by atoms with Gasteiger partial charge in [-0.25, -0.2) is 5.43 Å². The molecule has 0 spiro atoms. The minimum atomic E-state index is -0.334. The van der Waals surface area contributed by atoms with Crippen molar-refractivity contribution in [2.75, 3.05) is 13.7 Å². The van der Waals surface area contributed by atoms with Gasteiger partial charge in [-0.05, 0) is 42.7 Å². The molecule has 1 aliphatic rings. The molecule has 0 saturated heterocycles. The third-order valence-electron chi connectivity index (χ3n) is 3.92. The fourth-order valence-corrected chi connectivity index (χ4v) is 2.58. The highest BCUT2D eigenvalue weighted by Crippen LogP contribution is 2.23. The molecule has 0 bridgehead atoms. The quantitative estimate of drug-likeness (QED) is 0.620. The molecule has 0 heterocycles. The minimum Gasteiger partial charge on any atom is -0.497 e. The van der Waals surface area contributed by atoms with Gasteiger partial charge >= 0.3 is 0 Å². The monoisotopic (exact) mass is 317 g/mol. The molecule has 0 aromatic heterocycles. The van der Waals surface area contributed by atoms with Crippen molar-refractivity contribution >= 4 is 18.0 Å². The molecule has 1 aliphatic carbocycles. The van der Waals surface area contributed by atoms with Gasteiger partial charge in [-0.15, -0.1) is 0 Å². The number of methoxy groups -OCH3 is 1. The lowest BCUT2D eigenvalue weighted by atomic mass is 9.89. The van der Waals surface area contributed by atoms with Crippen LogP contribution in [0.25, 0.3) is 0 Å². The number of amides is 2. The van der Waals surface area contributed by atoms with E-state index in [0.717, 1.165) is 37.0 Å². The Bertz CT molecular complexity index is 549. The molecule has 1 aromatic rings. The summed E-state index contributed by atoms with van der Waals surface area (Å²) in [5.74, 6) is 0.453. The number of hydrogen-bond donors (Lipinski definition) is 2. The van der Waals surface area contributed by atoms with Crippen LogP contribution in [-0.2, 0) is 9.59 Å². The van der Waals surface area contributed by atoms with Crippen LogP contribution in [0.5, 0.6) is 5.75 Å².